The molecule has 5 heteroatoms. The van der Waals surface area contributed by atoms with Crippen molar-refractivity contribution in [1.82, 2.24) is 9.97 Å². The van der Waals surface area contributed by atoms with Crippen LogP contribution < -0.4 is 5.32 Å². The van der Waals surface area contributed by atoms with E-state index < -0.39 is 0 Å². The number of anilines is 1. The SMILES string of the molecule is COC(=O)/C=C/c1cnc2[nH]ccc2c1N[C@H]1C2CC3CC1C[C@@](C)(C3)C2. The van der Waals surface area contributed by atoms with Crippen molar-refractivity contribution in [2.24, 2.45) is 23.2 Å². The summed E-state index contributed by atoms with van der Waals surface area (Å²) in [6, 6.07) is 2.58. The second kappa shape index (κ2) is 6.11. The molecule has 5 nitrogen and oxygen atoms in total. The second-order valence-corrected chi connectivity index (χ2v) is 9.14. The summed E-state index contributed by atoms with van der Waals surface area (Å²) < 4.78 is 4.75. The van der Waals surface area contributed by atoms with Gasteiger partial charge in [0.15, 0.2) is 0 Å². The van der Waals surface area contributed by atoms with Crippen LogP contribution in [0.5, 0.6) is 0 Å². The van der Waals surface area contributed by atoms with Crippen LogP contribution >= 0.6 is 0 Å². The zero-order chi connectivity index (χ0) is 18.6. The molecule has 4 aliphatic rings. The van der Waals surface area contributed by atoms with E-state index in [4.69, 9.17) is 4.74 Å². The number of hydrogen-bond acceptors (Lipinski definition) is 4. The minimum Gasteiger partial charge on any atom is -0.466 e. The first-order chi connectivity index (χ1) is 13.0. The minimum atomic E-state index is -0.349. The van der Waals surface area contributed by atoms with Gasteiger partial charge in [0.05, 0.1) is 12.8 Å². The van der Waals surface area contributed by atoms with E-state index in [9.17, 15) is 4.79 Å². The van der Waals surface area contributed by atoms with Crippen molar-refractivity contribution in [3.63, 3.8) is 0 Å². The lowest BCUT2D eigenvalue weighted by atomic mass is 9.48. The molecular formula is C22H27N3O2. The van der Waals surface area contributed by atoms with Gasteiger partial charge in [-0.25, -0.2) is 9.78 Å². The van der Waals surface area contributed by atoms with Crippen molar-refractivity contribution in [3.8, 4) is 0 Å². The highest BCUT2D eigenvalue weighted by atomic mass is 16.5. The lowest BCUT2D eigenvalue weighted by molar-refractivity contribution is -0.134. The third-order valence-electron chi connectivity index (χ3n) is 7.11. The summed E-state index contributed by atoms with van der Waals surface area (Å²) in [4.78, 5) is 19.3. The molecule has 4 saturated carbocycles. The smallest absolute Gasteiger partial charge is 0.330 e. The summed E-state index contributed by atoms with van der Waals surface area (Å²) in [6.45, 7) is 2.50. The summed E-state index contributed by atoms with van der Waals surface area (Å²) in [5.41, 5.74) is 3.46. The summed E-state index contributed by atoms with van der Waals surface area (Å²) in [5, 5.41) is 5.00. The first-order valence-corrected chi connectivity index (χ1v) is 10.0. The minimum absolute atomic E-state index is 0.349. The fraction of sp³-hybridized carbons (Fsp3) is 0.545. The van der Waals surface area contributed by atoms with E-state index >= 15 is 0 Å². The van der Waals surface area contributed by atoms with Crippen molar-refractivity contribution in [1.29, 1.82) is 0 Å². The molecule has 2 aromatic rings. The van der Waals surface area contributed by atoms with E-state index in [0.717, 1.165) is 40.0 Å². The zero-order valence-electron chi connectivity index (χ0n) is 16.0. The van der Waals surface area contributed by atoms with Gasteiger partial charge >= 0.3 is 5.97 Å². The predicted octanol–water partition coefficient (Wildman–Crippen LogP) is 4.38. The summed E-state index contributed by atoms with van der Waals surface area (Å²) >= 11 is 0. The number of aromatic nitrogens is 2. The number of methoxy groups -OCH3 is 1. The molecule has 0 saturated heterocycles. The Labute approximate surface area is 159 Å². The number of rotatable bonds is 4. The van der Waals surface area contributed by atoms with Crippen molar-refractivity contribution in [2.75, 3.05) is 12.4 Å². The lowest BCUT2D eigenvalue weighted by Crippen LogP contribution is -2.55. The Morgan fingerprint density at radius 3 is 2.81 bits per heavy atom. The number of nitrogens with zero attached hydrogens (tertiary/aromatic N) is 1. The van der Waals surface area contributed by atoms with Crippen molar-refractivity contribution < 1.29 is 9.53 Å². The number of esters is 1. The molecule has 2 atom stereocenters. The Balaban J connectivity index is 1.50. The Hall–Kier alpha value is -2.30. The van der Waals surface area contributed by atoms with Gasteiger partial charge in [0.1, 0.15) is 5.65 Å². The van der Waals surface area contributed by atoms with Gasteiger partial charge in [-0.15, -0.1) is 0 Å². The number of hydrogen-bond donors (Lipinski definition) is 2. The van der Waals surface area contributed by atoms with Gasteiger partial charge < -0.3 is 15.0 Å². The monoisotopic (exact) mass is 365 g/mol. The molecule has 2 heterocycles. The second-order valence-electron chi connectivity index (χ2n) is 9.14. The molecule has 0 amide bonds. The number of fused-ring (bicyclic) bond motifs is 1. The number of carbonyl (C=O) groups is 1. The predicted molar refractivity (Wildman–Crippen MR) is 106 cm³/mol. The third-order valence-corrected chi connectivity index (χ3v) is 7.11. The maximum atomic E-state index is 11.6. The molecule has 142 valence electrons. The standard InChI is InChI=1S/C22H27N3O2/c1-22-9-13-7-15(10-22)19(16(8-13)11-22)25-20-14(3-4-18(26)27-2)12-24-21-17(20)5-6-23-21/h3-6,12-13,15-16,19H,7-11H2,1-2H3,(H2,23,24,25)/b4-3+/t13?,15?,16?,19-,22-. The molecule has 2 N–H and O–H groups in total. The molecule has 2 aromatic heterocycles. The molecule has 0 radical (unpaired) electrons. The van der Waals surface area contributed by atoms with Gasteiger partial charge in [0.25, 0.3) is 0 Å². The quantitative estimate of drug-likeness (QED) is 0.623. The largest absolute Gasteiger partial charge is 0.466 e. The molecule has 4 aliphatic carbocycles. The molecule has 6 rings (SSSR count). The first kappa shape index (κ1) is 16.8. The summed E-state index contributed by atoms with van der Waals surface area (Å²) in [5.74, 6) is 2.08. The lowest BCUT2D eigenvalue weighted by Gasteiger charge is -2.59. The molecule has 4 fully saturated rings. The molecule has 0 spiro atoms. The number of ether oxygens (including phenoxy) is 1. The highest BCUT2D eigenvalue weighted by Gasteiger charge is 2.53. The van der Waals surface area contributed by atoms with E-state index in [1.165, 1.54) is 45.3 Å². The van der Waals surface area contributed by atoms with Gasteiger partial charge in [-0.3, -0.25) is 0 Å². The highest BCUT2D eigenvalue weighted by molar-refractivity contribution is 5.96. The average molecular weight is 365 g/mol. The first-order valence-electron chi connectivity index (χ1n) is 10.0. The highest BCUT2D eigenvalue weighted by Crippen LogP contribution is 2.60. The Morgan fingerprint density at radius 2 is 2.11 bits per heavy atom. The van der Waals surface area contributed by atoms with Crippen LogP contribution in [0.15, 0.2) is 24.5 Å². The van der Waals surface area contributed by atoms with Crippen LogP contribution in [0, 0.1) is 23.2 Å². The van der Waals surface area contributed by atoms with Crippen LogP contribution in [0.3, 0.4) is 0 Å². The molecule has 0 aromatic carbocycles. The van der Waals surface area contributed by atoms with Gasteiger partial charge in [-0.1, -0.05) is 6.92 Å². The molecule has 2 unspecified atom stereocenters. The van der Waals surface area contributed by atoms with E-state index in [0.29, 0.717) is 11.5 Å². The molecule has 27 heavy (non-hydrogen) atoms. The van der Waals surface area contributed by atoms with E-state index in [-0.39, 0.29) is 5.97 Å². The summed E-state index contributed by atoms with van der Waals surface area (Å²) in [6.07, 6.45) is 13.9. The van der Waals surface area contributed by atoms with Crippen molar-refractivity contribution in [3.05, 3.63) is 30.1 Å². The number of aromatic amines is 1. The Bertz CT molecular complexity index is 899. The van der Waals surface area contributed by atoms with Gasteiger partial charge in [-0.2, -0.15) is 0 Å². The topological polar surface area (TPSA) is 67.0 Å². The zero-order valence-corrected chi connectivity index (χ0v) is 16.0. The van der Waals surface area contributed by atoms with Gasteiger partial charge in [0, 0.05) is 35.5 Å². The van der Waals surface area contributed by atoms with Crippen molar-refractivity contribution >= 4 is 28.8 Å². The van der Waals surface area contributed by atoms with E-state index in [1.54, 1.807) is 0 Å². The van der Waals surface area contributed by atoms with Crippen LogP contribution in [0.4, 0.5) is 5.69 Å². The van der Waals surface area contributed by atoms with Crippen molar-refractivity contribution in [2.45, 2.75) is 45.1 Å². The Morgan fingerprint density at radius 1 is 1.33 bits per heavy atom. The molecular weight excluding hydrogens is 338 g/mol. The molecule has 4 bridgehead atoms. The fourth-order valence-electron chi connectivity index (χ4n) is 6.37. The Kier molecular flexibility index (Phi) is 3.81. The number of nitrogens with one attached hydrogen (secondary N) is 2. The summed E-state index contributed by atoms with van der Waals surface area (Å²) in [7, 11) is 1.40. The number of H-pyrrole nitrogens is 1. The van der Waals surface area contributed by atoms with E-state index in [2.05, 4.69) is 28.3 Å². The number of carbonyl (C=O) groups excluding carboxylic acids is 1. The maximum Gasteiger partial charge on any atom is 0.330 e. The average Bonchev–Trinajstić information content (AvgIpc) is 3.10. The molecule has 0 aliphatic heterocycles. The van der Waals surface area contributed by atoms with Crippen LogP contribution in [-0.2, 0) is 9.53 Å². The van der Waals surface area contributed by atoms with Gasteiger partial charge in [0.2, 0.25) is 0 Å². The van der Waals surface area contributed by atoms with E-state index in [1.807, 2.05) is 18.5 Å². The normalized spacial score (nSPS) is 34.4. The van der Waals surface area contributed by atoms with Crippen LogP contribution in [0.2, 0.25) is 0 Å². The van der Waals surface area contributed by atoms with Gasteiger partial charge in [-0.05, 0) is 67.4 Å². The van der Waals surface area contributed by atoms with Crippen LogP contribution in [-0.4, -0.2) is 29.1 Å². The maximum absolute atomic E-state index is 11.6. The van der Waals surface area contributed by atoms with Crippen LogP contribution in [0.1, 0.15) is 44.6 Å². The third kappa shape index (κ3) is 2.84. The number of pyridine rings is 1. The fourth-order valence-corrected chi connectivity index (χ4v) is 6.37. The van der Waals surface area contributed by atoms with Crippen LogP contribution in [0.25, 0.3) is 17.1 Å².